The average molecular weight is 316 g/mol. The summed E-state index contributed by atoms with van der Waals surface area (Å²) in [7, 11) is 0. The molecule has 0 aliphatic rings. The van der Waals surface area contributed by atoms with E-state index in [1.54, 1.807) is 0 Å². The predicted octanol–water partition coefficient (Wildman–Crippen LogP) is 5.49. The van der Waals surface area contributed by atoms with Gasteiger partial charge in [-0.2, -0.15) is 5.26 Å². The van der Waals surface area contributed by atoms with Crippen LogP contribution in [0.25, 0.3) is 22.9 Å². The van der Waals surface area contributed by atoms with Gasteiger partial charge in [0.2, 0.25) is 0 Å². The van der Waals surface area contributed by atoms with E-state index in [1.807, 2.05) is 47.9 Å². The van der Waals surface area contributed by atoms with E-state index in [0.717, 1.165) is 21.8 Å². The number of thiazole rings is 1. The summed E-state index contributed by atoms with van der Waals surface area (Å²) in [6, 6.07) is 18.5. The van der Waals surface area contributed by atoms with Gasteiger partial charge < -0.3 is 0 Å². The molecule has 0 aliphatic carbocycles. The molecular weight excluding hydrogens is 300 g/mol. The van der Waals surface area contributed by atoms with E-state index in [4.69, 9.17) is 0 Å². The van der Waals surface area contributed by atoms with E-state index < -0.39 is 0 Å². The maximum Gasteiger partial charge on any atom is 0.134 e. The van der Waals surface area contributed by atoms with Crippen molar-refractivity contribution in [2.24, 2.45) is 0 Å². The van der Waals surface area contributed by atoms with Gasteiger partial charge in [0, 0.05) is 10.9 Å². The third kappa shape index (κ3) is 3.39. The first-order chi connectivity index (χ1) is 11.2. The van der Waals surface area contributed by atoms with Gasteiger partial charge in [-0.1, -0.05) is 48.5 Å². The maximum absolute atomic E-state index is 9.49. The summed E-state index contributed by atoms with van der Waals surface area (Å²) in [5.41, 5.74) is 6.08. The van der Waals surface area contributed by atoms with Gasteiger partial charge in [0.25, 0.3) is 0 Å². The molecule has 2 aromatic carbocycles. The number of hydrogen-bond acceptors (Lipinski definition) is 3. The van der Waals surface area contributed by atoms with Crippen LogP contribution in [0.4, 0.5) is 0 Å². The minimum absolute atomic E-state index is 0.598. The number of benzene rings is 2. The molecule has 112 valence electrons. The van der Waals surface area contributed by atoms with Crippen molar-refractivity contribution in [1.82, 2.24) is 4.98 Å². The predicted molar refractivity (Wildman–Crippen MR) is 97.0 cm³/mol. The Morgan fingerprint density at radius 3 is 2.57 bits per heavy atom. The number of allylic oxidation sites excluding steroid dienone is 1. The third-order valence-electron chi connectivity index (χ3n) is 3.77. The van der Waals surface area contributed by atoms with Crippen molar-refractivity contribution in [1.29, 1.82) is 5.26 Å². The summed E-state index contributed by atoms with van der Waals surface area (Å²) >= 11 is 1.50. The second-order valence-corrected chi connectivity index (χ2v) is 6.28. The quantitative estimate of drug-likeness (QED) is 0.599. The van der Waals surface area contributed by atoms with E-state index in [2.05, 4.69) is 37.0 Å². The molecule has 0 saturated heterocycles. The van der Waals surface area contributed by atoms with Crippen LogP contribution in [-0.4, -0.2) is 4.98 Å². The lowest BCUT2D eigenvalue weighted by molar-refractivity contribution is 1.33. The molecule has 0 atom stereocenters. The number of rotatable bonds is 3. The van der Waals surface area contributed by atoms with E-state index in [0.29, 0.717) is 5.57 Å². The van der Waals surface area contributed by atoms with Crippen molar-refractivity contribution in [3.05, 3.63) is 75.6 Å². The van der Waals surface area contributed by atoms with Crippen LogP contribution in [0.15, 0.2) is 53.9 Å². The number of hydrogen-bond donors (Lipinski definition) is 0. The standard InChI is InChI=1S/C20H16N2S/c1-14-8-9-16(10-15(14)2)11-18(12-21)20-22-19(13-23-20)17-6-4-3-5-7-17/h3-11,13H,1-2H3/b18-11+. The molecule has 1 heterocycles. The van der Waals surface area contributed by atoms with Crippen LogP contribution in [0.3, 0.4) is 0 Å². The highest BCUT2D eigenvalue weighted by Crippen LogP contribution is 2.27. The summed E-state index contributed by atoms with van der Waals surface area (Å²) in [6.07, 6.45) is 1.90. The normalized spacial score (nSPS) is 11.3. The van der Waals surface area contributed by atoms with Crippen molar-refractivity contribution in [3.8, 4) is 17.3 Å². The Balaban J connectivity index is 1.96. The summed E-state index contributed by atoms with van der Waals surface area (Å²) in [6.45, 7) is 4.16. The number of aryl methyl sites for hydroxylation is 2. The van der Waals surface area contributed by atoms with E-state index in [9.17, 15) is 5.26 Å². The smallest absolute Gasteiger partial charge is 0.134 e. The van der Waals surface area contributed by atoms with Gasteiger partial charge in [-0.25, -0.2) is 4.98 Å². The Labute approximate surface area is 140 Å². The highest BCUT2D eigenvalue weighted by atomic mass is 32.1. The van der Waals surface area contributed by atoms with Gasteiger partial charge in [-0.15, -0.1) is 11.3 Å². The van der Waals surface area contributed by atoms with Gasteiger partial charge in [0.1, 0.15) is 11.1 Å². The van der Waals surface area contributed by atoms with E-state index in [-0.39, 0.29) is 0 Å². The summed E-state index contributed by atoms with van der Waals surface area (Å²) in [5, 5.41) is 12.2. The Morgan fingerprint density at radius 2 is 1.87 bits per heavy atom. The zero-order valence-electron chi connectivity index (χ0n) is 13.1. The molecule has 3 rings (SSSR count). The number of nitriles is 1. The van der Waals surface area contributed by atoms with Crippen LogP contribution in [0.5, 0.6) is 0 Å². The first-order valence-corrected chi connectivity index (χ1v) is 8.26. The molecule has 0 spiro atoms. The van der Waals surface area contributed by atoms with Crippen LogP contribution in [-0.2, 0) is 0 Å². The molecule has 0 unspecified atom stereocenters. The average Bonchev–Trinajstić information content (AvgIpc) is 3.06. The lowest BCUT2D eigenvalue weighted by Gasteiger charge is -2.01. The summed E-state index contributed by atoms with van der Waals surface area (Å²) in [5.74, 6) is 0. The molecule has 0 amide bonds. The molecule has 0 bridgehead atoms. The molecule has 0 saturated carbocycles. The monoisotopic (exact) mass is 316 g/mol. The van der Waals surface area contributed by atoms with Crippen molar-refractivity contribution < 1.29 is 0 Å². The number of nitrogens with zero attached hydrogens (tertiary/aromatic N) is 2. The molecule has 23 heavy (non-hydrogen) atoms. The minimum Gasteiger partial charge on any atom is -0.235 e. The molecule has 2 nitrogen and oxygen atoms in total. The van der Waals surface area contributed by atoms with Crippen molar-refractivity contribution in [2.45, 2.75) is 13.8 Å². The Bertz CT molecular complexity index is 899. The molecule has 0 fully saturated rings. The maximum atomic E-state index is 9.49. The SMILES string of the molecule is Cc1ccc(/C=C(\C#N)c2nc(-c3ccccc3)cs2)cc1C. The third-order valence-corrected chi connectivity index (χ3v) is 4.64. The fraction of sp³-hybridized carbons (Fsp3) is 0.100. The second-order valence-electron chi connectivity index (χ2n) is 5.42. The van der Waals surface area contributed by atoms with Gasteiger partial charge in [-0.05, 0) is 36.6 Å². The van der Waals surface area contributed by atoms with Crippen molar-refractivity contribution in [3.63, 3.8) is 0 Å². The molecule has 1 aromatic heterocycles. The number of aromatic nitrogens is 1. The molecule has 0 radical (unpaired) electrons. The largest absolute Gasteiger partial charge is 0.235 e. The molecule has 3 aromatic rings. The first-order valence-electron chi connectivity index (χ1n) is 7.38. The fourth-order valence-electron chi connectivity index (χ4n) is 2.30. The zero-order valence-corrected chi connectivity index (χ0v) is 13.9. The lowest BCUT2D eigenvalue weighted by atomic mass is 10.0. The minimum atomic E-state index is 0.598. The van der Waals surface area contributed by atoms with Gasteiger partial charge in [0.15, 0.2) is 0 Å². The summed E-state index contributed by atoms with van der Waals surface area (Å²) < 4.78 is 0. The highest BCUT2D eigenvalue weighted by Gasteiger charge is 2.09. The lowest BCUT2D eigenvalue weighted by Crippen LogP contribution is -1.85. The van der Waals surface area contributed by atoms with Crippen molar-refractivity contribution in [2.75, 3.05) is 0 Å². The highest BCUT2D eigenvalue weighted by molar-refractivity contribution is 7.11. The first kappa shape index (κ1) is 15.2. The molecular formula is C20H16N2S. The topological polar surface area (TPSA) is 36.7 Å². The van der Waals surface area contributed by atoms with Crippen LogP contribution in [0.1, 0.15) is 21.7 Å². The van der Waals surface area contributed by atoms with Crippen LogP contribution < -0.4 is 0 Å². The fourth-order valence-corrected chi connectivity index (χ4v) is 3.10. The second kappa shape index (κ2) is 6.60. The Hall–Kier alpha value is -2.70. The van der Waals surface area contributed by atoms with E-state index in [1.165, 1.54) is 22.5 Å². The Kier molecular flexibility index (Phi) is 4.36. The van der Waals surface area contributed by atoms with Crippen LogP contribution >= 0.6 is 11.3 Å². The van der Waals surface area contributed by atoms with Crippen LogP contribution in [0, 0.1) is 25.2 Å². The Morgan fingerprint density at radius 1 is 1.09 bits per heavy atom. The molecule has 0 aliphatic heterocycles. The van der Waals surface area contributed by atoms with Crippen LogP contribution in [0.2, 0.25) is 0 Å². The van der Waals surface area contributed by atoms with Gasteiger partial charge >= 0.3 is 0 Å². The zero-order chi connectivity index (χ0) is 16.2. The van der Waals surface area contributed by atoms with Gasteiger partial charge in [0.05, 0.1) is 11.3 Å². The molecule has 3 heteroatoms. The molecule has 0 N–H and O–H groups in total. The van der Waals surface area contributed by atoms with Gasteiger partial charge in [-0.3, -0.25) is 0 Å². The van der Waals surface area contributed by atoms with E-state index >= 15 is 0 Å². The van der Waals surface area contributed by atoms with Crippen molar-refractivity contribution >= 4 is 23.0 Å². The summed E-state index contributed by atoms with van der Waals surface area (Å²) in [4.78, 5) is 4.62.